The van der Waals surface area contributed by atoms with E-state index in [1.807, 2.05) is 38.1 Å². The van der Waals surface area contributed by atoms with Gasteiger partial charge in [0.15, 0.2) is 0 Å². The first-order valence-electron chi connectivity index (χ1n) is 8.56. The van der Waals surface area contributed by atoms with Crippen LogP contribution in [0, 0.1) is 17.8 Å². The van der Waals surface area contributed by atoms with Crippen molar-refractivity contribution in [3.63, 3.8) is 0 Å². The normalized spacial score (nSPS) is 18.5. The van der Waals surface area contributed by atoms with Crippen LogP contribution in [0.4, 0.5) is 11.6 Å². The SMILES string of the molecule is CC1(C)CC(C(=O)Nc2cccc(C#Cc3cnc(N)nc3)c2)CCO1. The van der Waals surface area contributed by atoms with Gasteiger partial charge >= 0.3 is 0 Å². The average Bonchev–Trinajstić information content (AvgIpc) is 2.61. The second kappa shape index (κ2) is 7.54. The van der Waals surface area contributed by atoms with E-state index in [4.69, 9.17) is 10.5 Å². The van der Waals surface area contributed by atoms with E-state index >= 15 is 0 Å². The maximum atomic E-state index is 12.5. The van der Waals surface area contributed by atoms with Gasteiger partial charge in [0.2, 0.25) is 11.9 Å². The van der Waals surface area contributed by atoms with Crippen LogP contribution in [0.2, 0.25) is 0 Å². The minimum atomic E-state index is -0.255. The topological polar surface area (TPSA) is 90.1 Å². The number of hydrogen-bond donors (Lipinski definition) is 2. The van der Waals surface area contributed by atoms with Crippen molar-refractivity contribution in [2.45, 2.75) is 32.3 Å². The van der Waals surface area contributed by atoms with Crippen LogP contribution >= 0.6 is 0 Å². The van der Waals surface area contributed by atoms with E-state index in [1.165, 1.54) is 0 Å². The number of benzene rings is 1. The first-order chi connectivity index (χ1) is 12.4. The lowest BCUT2D eigenvalue weighted by Gasteiger charge is -2.34. The Morgan fingerprint density at radius 1 is 1.27 bits per heavy atom. The Balaban J connectivity index is 1.68. The lowest BCUT2D eigenvalue weighted by molar-refractivity contribution is -0.130. The van der Waals surface area contributed by atoms with Gasteiger partial charge < -0.3 is 15.8 Å². The third kappa shape index (κ3) is 4.80. The molecule has 1 unspecified atom stereocenters. The van der Waals surface area contributed by atoms with Crippen LogP contribution < -0.4 is 11.1 Å². The fraction of sp³-hybridized carbons (Fsp3) is 0.350. The zero-order chi connectivity index (χ0) is 18.6. The first kappa shape index (κ1) is 17.9. The highest BCUT2D eigenvalue weighted by Crippen LogP contribution is 2.29. The second-order valence-electron chi connectivity index (χ2n) is 6.95. The molecule has 0 aliphatic carbocycles. The number of nitrogens with zero attached hydrogens (tertiary/aromatic N) is 2. The van der Waals surface area contributed by atoms with Crippen molar-refractivity contribution >= 4 is 17.5 Å². The molecule has 3 N–H and O–H groups in total. The maximum absolute atomic E-state index is 12.5. The number of carbonyl (C=O) groups is 1. The fourth-order valence-corrected chi connectivity index (χ4v) is 2.92. The summed E-state index contributed by atoms with van der Waals surface area (Å²) < 4.78 is 5.68. The molecule has 0 radical (unpaired) electrons. The Labute approximate surface area is 153 Å². The molecule has 134 valence electrons. The number of nitrogen functional groups attached to an aromatic ring is 1. The van der Waals surface area contributed by atoms with Crippen molar-refractivity contribution in [2.24, 2.45) is 5.92 Å². The van der Waals surface area contributed by atoms with Crippen LogP contribution in [0.15, 0.2) is 36.7 Å². The van der Waals surface area contributed by atoms with Gasteiger partial charge in [-0.15, -0.1) is 0 Å². The molecule has 2 heterocycles. The molecule has 1 aliphatic heterocycles. The number of ether oxygens (including phenoxy) is 1. The van der Waals surface area contributed by atoms with Gasteiger partial charge in [-0.2, -0.15) is 0 Å². The van der Waals surface area contributed by atoms with E-state index in [0.717, 1.165) is 24.1 Å². The maximum Gasteiger partial charge on any atom is 0.227 e. The summed E-state index contributed by atoms with van der Waals surface area (Å²) in [7, 11) is 0. The fourth-order valence-electron chi connectivity index (χ4n) is 2.92. The van der Waals surface area contributed by atoms with E-state index in [2.05, 4.69) is 27.1 Å². The van der Waals surface area contributed by atoms with Crippen molar-refractivity contribution in [1.82, 2.24) is 9.97 Å². The van der Waals surface area contributed by atoms with Gasteiger partial charge in [0, 0.05) is 36.2 Å². The molecule has 1 aliphatic rings. The van der Waals surface area contributed by atoms with Crippen molar-refractivity contribution in [1.29, 1.82) is 0 Å². The molecule has 1 amide bonds. The number of hydrogen-bond acceptors (Lipinski definition) is 5. The molecule has 0 spiro atoms. The molecule has 1 saturated heterocycles. The van der Waals surface area contributed by atoms with E-state index in [9.17, 15) is 4.79 Å². The van der Waals surface area contributed by atoms with E-state index in [0.29, 0.717) is 12.2 Å². The van der Waals surface area contributed by atoms with Crippen molar-refractivity contribution in [3.8, 4) is 11.8 Å². The smallest absolute Gasteiger partial charge is 0.227 e. The van der Waals surface area contributed by atoms with Crippen LogP contribution in [-0.4, -0.2) is 28.1 Å². The third-order valence-electron chi connectivity index (χ3n) is 4.22. The minimum Gasteiger partial charge on any atom is -0.376 e. The number of anilines is 2. The van der Waals surface area contributed by atoms with Gasteiger partial charge in [-0.05, 0) is 44.9 Å². The molecule has 1 aromatic carbocycles. The summed E-state index contributed by atoms with van der Waals surface area (Å²) in [5.74, 6) is 6.23. The molecule has 1 aromatic heterocycles. The monoisotopic (exact) mass is 350 g/mol. The molecule has 6 heteroatoms. The lowest BCUT2D eigenvalue weighted by atomic mass is 9.88. The molecular weight excluding hydrogens is 328 g/mol. The predicted octanol–water partition coefficient (Wildman–Crippen LogP) is 2.60. The van der Waals surface area contributed by atoms with E-state index in [1.54, 1.807) is 12.4 Å². The first-order valence-corrected chi connectivity index (χ1v) is 8.56. The van der Waals surface area contributed by atoms with Gasteiger partial charge in [0.25, 0.3) is 0 Å². The number of nitrogens with one attached hydrogen (secondary N) is 1. The van der Waals surface area contributed by atoms with Gasteiger partial charge in [0.1, 0.15) is 0 Å². The van der Waals surface area contributed by atoms with Gasteiger partial charge in [-0.3, -0.25) is 4.79 Å². The Morgan fingerprint density at radius 3 is 2.73 bits per heavy atom. The van der Waals surface area contributed by atoms with Gasteiger partial charge in [-0.25, -0.2) is 9.97 Å². The zero-order valence-electron chi connectivity index (χ0n) is 15.0. The van der Waals surface area contributed by atoms with Gasteiger partial charge in [0.05, 0.1) is 11.2 Å². The molecule has 2 aromatic rings. The Hall–Kier alpha value is -2.91. The number of amides is 1. The molecule has 1 fully saturated rings. The summed E-state index contributed by atoms with van der Waals surface area (Å²) in [5.41, 5.74) is 7.42. The molecule has 6 nitrogen and oxygen atoms in total. The van der Waals surface area contributed by atoms with Crippen LogP contribution in [0.3, 0.4) is 0 Å². The minimum absolute atomic E-state index is 0.0263. The van der Waals surface area contributed by atoms with Crippen LogP contribution in [0.1, 0.15) is 37.8 Å². The number of rotatable bonds is 2. The summed E-state index contributed by atoms with van der Waals surface area (Å²) in [6, 6.07) is 7.47. The van der Waals surface area contributed by atoms with Crippen molar-refractivity contribution in [3.05, 3.63) is 47.8 Å². The average molecular weight is 350 g/mol. The molecule has 0 bridgehead atoms. The van der Waals surface area contributed by atoms with Crippen LogP contribution in [-0.2, 0) is 9.53 Å². The van der Waals surface area contributed by atoms with E-state index in [-0.39, 0.29) is 23.4 Å². The Morgan fingerprint density at radius 2 is 2.00 bits per heavy atom. The van der Waals surface area contributed by atoms with Crippen LogP contribution in [0.5, 0.6) is 0 Å². The second-order valence-corrected chi connectivity index (χ2v) is 6.95. The molecular formula is C20H22N4O2. The largest absolute Gasteiger partial charge is 0.376 e. The molecule has 1 atom stereocenters. The lowest BCUT2D eigenvalue weighted by Crippen LogP contribution is -2.39. The Bertz CT molecular complexity index is 850. The summed E-state index contributed by atoms with van der Waals surface area (Å²) in [6.07, 6.45) is 4.61. The molecule has 26 heavy (non-hydrogen) atoms. The van der Waals surface area contributed by atoms with E-state index < -0.39 is 0 Å². The summed E-state index contributed by atoms with van der Waals surface area (Å²) in [6.45, 7) is 4.65. The summed E-state index contributed by atoms with van der Waals surface area (Å²) in [5, 5.41) is 2.99. The van der Waals surface area contributed by atoms with Crippen molar-refractivity contribution < 1.29 is 9.53 Å². The number of aromatic nitrogens is 2. The Kier molecular flexibility index (Phi) is 5.19. The third-order valence-corrected chi connectivity index (χ3v) is 4.22. The summed E-state index contributed by atoms with van der Waals surface area (Å²) in [4.78, 5) is 20.4. The predicted molar refractivity (Wildman–Crippen MR) is 100 cm³/mol. The molecule has 3 rings (SSSR count). The zero-order valence-corrected chi connectivity index (χ0v) is 15.0. The van der Waals surface area contributed by atoms with Gasteiger partial charge in [-0.1, -0.05) is 17.9 Å². The number of carbonyl (C=O) groups excluding carboxylic acids is 1. The highest BCUT2D eigenvalue weighted by molar-refractivity contribution is 5.92. The highest BCUT2D eigenvalue weighted by Gasteiger charge is 2.32. The van der Waals surface area contributed by atoms with Crippen molar-refractivity contribution in [2.75, 3.05) is 17.7 Å². The molecule has 0 saturated carbocycles. The van der Waals surface area contributed by atoms with Crippen LogP contribution in [0.25, 0.3) is 0 Å². The highest BCUT2D eigenvalue weighted by atomic mass is 16.5. The number of nitrogens with two attached hydrogens (primary N) is 1. The standard InChI is InChI=1S/C20H22N4O2/c1-20(2)11-16(8-9-26-20)18(25)24-17-5-3-4-14(10-17)6-7-15-12-22-19(21)23-13-15/h3-5,10,12-13,16H,8-9,11H2,1-2H3,(H,24,25)(H2,21,22,23). The quantitative estimate of drug-likeness (QED) is 0.813. The summed E-state index contributed by atoms with van der Waals surface area (Å²) >= 11 is 0.